The van der Waals surface area contributed by atoms with Gasteiger partial charge in [0, 0.05) is 10.0 Å². The monoisotopic (exact) mass is 600 g/mol. The van der Waals surface area contributed by atoms with Crippen molar-refractivity contribution in [3.63, 3.8) is 0 Å². The Hall–Kier alpha value is -3.37. The quantitative estimate of drug-likeness (QED) is 0.339. The molecular formula is C28H29BrN2O6S. The molecule has 8 nitrogen and oxygen atoms in total. The Morgan fingerprint density at radius 3 is 2.42 bits per heavy atom. The van der Waals surface area contributed by atoms with Crippen LogP contribution < -0.4 is 29.1 Å². The van der Waals surface area contributed by atoms with Crippen molar-refractivity contribution in [1.29, 1.82) is 0 Å². The number of hydrogen-bond acceptors (Lipinski definition) is 8. The number of esters is 1. The van der Waals surface area contributed by atoms with Crippen LogP contribution in [0.15, 0.2) is 61.9 Å². The number of fused-ring (bicyclic) bond motifs is 1. The van der Waals surface area contributed by atoms with Crippen LogP contribution in [-0.4, -0.2) is 38.5 Å². The maximum atomic E-state index is 14.0. The molecule has 0 amide bonds. The summed E-state index contributed by atoms with van der Waals surface area (Å²) in [5, 5.41) is 0. The van der Waals surface area contributed by atoms with Gasteiger partial charge in [-0.25, -0.2) is 9.79 Å². The molecule has 0 spiro atoms. The second kappa shape index (κ2) is 12.0. The van der Waals surface area contributed by atoms with Crippen molar-refractivity contribution in [1.82, 2.24) is 4.57 Å². The lowest BCUT2D eigenvalue weighted by Gasteiger charge is -2.27. The van der Waals surface area contributed by atoms with Crippen LogP contribution >= 0.6 is 27.3 Å². The van der Waals surface area contributed by atoms with Gasteiger partial charge in [-0.3, -0.25) is 9.36 Å². The molecule has 200 valence electrons. The topological polar surface area (TPSA) is 88.4 Å². The zero-order chi connectivity index (χ0) is 27.4. The van der Waals surface area contributed by atoms with E-state index in [0.717, 1.165) is 16.5 Å². The first-order valence-electron chi connectivity index (χ1n) is 12.1. The maximum absolute atomic E-state index is 14.0. The van der Waals surface area contributed by atoms with Gasteiger partial charge in [0.2, 0.25) is 0 Å². The summed E-state index contributed by atoms with van der Waals surface area (Å²) in [5.41, 5.74) is 2.11. The van der Waals surface area contributed by atoms with Gasteiger partial charge in [0.1, 0.15) is 11.8 Å². The van der Waals surface area contributed by atoms with Gasteiger partial charge in [-0.05, 0) is 55.3 Å². The van der Waals surface area contributed by atoms with Crippen molar-refractivity contribution in [3.8, 4) is 17.2 Å². The molecule has 0 N–H and O–H groups in total. The number of carbonyl (C=O) groups excluding carboxylic acids is 1. The lowest BCUT2D eigenvalue weighted by molar-refractivity contribution is -0.139. The largest absolute Gasteiger partial charge is 0.496 e. The maximum Gasteiger partial charge on any atom is 0.338 e. The number of methoxy groups -OCH3 is 3. The van der Waals surface area contributed by atoms with E-state index in [4.69, 9.17) is 23.9 Å². The van der Waals surface area contributed by atoms with Crippen LogP contribution in [0.3, 0.4) is 0 Å². The number of thiazole rings is 1. The van der Waals surface area contributed by atoms with E-state index in [1.54, 1.807) is 57.1 Å². The molecule has 0 radical (unpaired) electrons. The molecule has 10 heteroatoms. The van der Waals surface area contributed by atoms with Crippen molar-refractivity contribution in [3.05, 3.63) is 83.0 Å². The highest BCUT2D eigenvalue weighted by Gasteiger charge is 2.36. The normalized spacial score (nSPS) is 15.1. The third kappa shape index (κ3) is 5.28. The third-order valence-electron chi connectivity index (χ3n) is 6.08. The van der Waals surface area contributed by atoms with Crippen LogP contribution in [-0.2, 0) is 9.53 Å². The second-order valence-electron chi connectivity index (χ2n) is 8.41. The Bertz CT molecular complexity index is 1570. The van der Waals surface area contributed by atoms with E-state index in [-0.39, 0.29) is 12.2 Å². The summed E-state index contributed by atoms with van der Waals surface area (Å²) < 4.78 is 24.7. The minimum Gasteiger partial charge on any atom is -0.496 e. The predicted octanol–water partition coefficient (Wildman–Crippen LogP) is 4.37. The van der Waals surface area contributed by atoms with E-state index in [2.05, 4.69) is 15.9 Å². The van der Waals surface area contributed by atoms with Crippen molar-refractivity contribution in [2.24, 2.45) is 4.99 Å². The molecular weight excluding hydrogens is 572 g/mol. The van der Waals surface area contributed by atoms with Crippen molar-refractivity contribution >= 4 is 39.3 Å². The smallest absolute Gasteiger partial charge is 0.338 e. The molecule has 4 rings (SSSR count). The summed E-state index contributed by atoms with van der Waals surface area (Å²) in [5.74, 6) is 1.20. The van der Waals surface area contributed by atoms with E-state index >= 15 is 0 Å². The lowest BCUT2D eigenvalue weighted by Crippen LogP contribution is -2.40. The first-order chi connectivity index (χ1) is 18.4. The Labute approximate surface area is 233 Å². The predicted molar refractivity (Wildman–Crippen MR) is 150 cm³/mol. The SMILES string of the molecule is CCCC1=C(C(=O)OCC)[C@@H](c2cc(Br)ccc2OC)n2c(s/c(=C/c3ccc(OC)c(OC)c3)c2=O)=N1. The highest BCUT2D eigenvalue weighted by atomic mass is 79.9. The number of allylic oxidation sites excluding steroid dienone is 1. The molecule has 0 fully saturated rings. The number of carbonyl (C=O) groups is 1. The summed E-state index contributed by atoms with van der Waals surface area (Å²) in [6.07, 6.45) is 3.11. The number of hydrogen-bond donors (Lipinski definition) is 0. The second-order valence-corrected chi connectivity index (χ2v) is 10.3. The number of rotatable bonds is 9. The highest BCUT2D eigenvalue weighted by molar-refractivity contribution is 9.10. The van der Waals surface area contributed by atoms with Crippen LogP contribution in [0.5, 0.6) is 17.2 Å². The van der Waals surface area contributed by atoms with Gasteiger partial charge in [0.25, 0.3) is 5.56 Å². The van der Waals surface area contributed by atoms with Gasteiger partial charge < -0.3 is 18.9 Å². The number of nitrogens with zero attached hydrogens (tertiary/aromatic N) is 2. The average Bonchev–Trinajstić information content (AvgIpc) is 3.22. The van der Waals surface area contributed by atoms with E-state index in [1.807, 2.05) is 25.1 Å². The molecule has 0 saturated carbocycles. The molecule has 0 aliphatic carbocycles. The molecule has 1 atom stereocenters. The number of aromatic nitrogens is 1. The summed E-state index contributed by atoms with van der Waals surface area (Å²) in [6.45, 7) is 3.98. The highest BCUT2D eigenvalue weighted by Crippen LogP contribution is 2.38. The van der Waals surface area contributed by atoms with Crippen LogP contribution in [0.1, 0.15) is 43.9 Å². The summed E-state index contributed by atoms with van der Waals surface area (Å²) in [7, 11) is 4.70. The van der Waals surface area contributed by atoms with E-state index < -0.39 is 12.0 Å². The van der Waals surface area contributed by atoms with E-state index in [9.17, 15) is 9.59 Å². The molecule has 3 aromatic rings. The van der Waals surface area contributed by atoms with Gasteiger partial charge in [0.05, 0.1) is 43.7 Å². The molecule has 2 aromatic carbocycles. The first kappa shape index (κ1) is 27.7. The molecule has 1 aliphatic rings. The molecule has 38 heavy (non-hydrogen) atoms. The summed E-state index contributed by atoms with van der Waals surface area (Å²) >= 11 is 4.80. The minimum absolute atomic E-state index is 0.202. The Morgan fingerprint density at radius 2 is 1.76 bits per heavy atom. The molecule has 2 heterocycles. The van der Waals surface area contributed by atoms with Crippen LogP contribution in [0.4, 0.5) is 0 Å². The van der Waals surface area contributed by atoms with E-state index in [1.165, 1.54) is 11.3 Å². The van der Waals surface area contributed by atoms with Gasteiger partial charge >= 0.3 is 5.97 Å². The van der Waals surface area contributed by atoms with E-state index in [0.29, 0.717) is 49.8 Å². The summed E-state index contributed by atoms with van der Waals surface area (Å²) in [4.78, 5) is 32.6. The van der Waals surface area contributed by atoms with Crippen molar-refractivity contribution in [2.75, 3.05) is 27.9 Å². The molecule has 1 aliphatic heterocycles. The Kier molecular flexibility index (Phi) is 8.73. The summed E-state index contributed by atoms with van der Waals surface area (Å²) in [6, 6.07) is 10.2. The van der Waals surface area contributed by atoms with Crippen LogP contribution in [0, 0.1) is 0 Å². The van der Waals surface area contributed by atoms with Gasteiger partial charge in [-0.1, -0.05) is 46.7 Å². The standard InChI is InChI=1S/C28H29BrN2O6S/c1-6-8-19-24(27(33)37-7-2)25(18-15-17(29)10-12-20(18)34-3)31-26(32)23(38-28(31)30-19)14-16-9-11-21(35-4)22(13-16)36-5/h9-15,25H,6-8H2,1-5H3/b23-14+/t25-/m1/s1. The third-order valence-corrected chi connectivity index (χ3v) is 7.56. The molecule has 0 bridgehead atoms. The van der Waals surface area contributed by atoms with Crippen molar-refractivity contribution in [2.45, 2.75) is 32.7 Å². The zero-order valence-electron chi connectivity index (χ0n) is 21.9. The van der Waals surface area contributed by atoms with Gasteiger partial charge in [0.15, 0.2) is 16.3 Å². The Balaban J connectivity index is 2.02. The number of benzene rings is 2. The van der Waals surface area contributed by atoms with Gasteiger partial charge in [-0.2, -0.15) is 0 Å². The molecule has 1 aromatic heterocycles. The lowest BCUT2D eigenvalue weighted by atomic mass is 9.93. The fourth-order valence-electron chi connectivity index (χ4n) is 4.43. The fraction of sp³-hybridized carbons (Fsp3) is 0.321. The zero-order valence-corrected chi connectivity index (χ0v) is 24.3. The van der Waals surface area contributed by atoms with Crippen LogP contribution in [0.2, 0.25) is 0 Å². The molecule has 0 unspecified atom stereocenters. The van der Waals surface area contributed by atoms with Gasteiger partial charge in [-0.15, -0.1) is 0 Å². The van der Waals surface area contributed by atoms with Crippen LogP contribution in [0.25, 0.3) is 6.08 Å². The minimum atomic E-state index is -0.771. The fourth-order valence-corrected chi connectivity index (χ4v) is 5.83. The number of halogens is 1. The van der Waals surface area contributed by atoms with Crippen molar-refractivity contribution < 1.29 is 23.7 Å². The first-order valence-corrected chi connectivity index (χ1v) is 13.7. The Morgan fingerprint density at radius 1 is 1.05 bits per heavy atom. The average molecular weight is 602 g/mol. The number of ether oxygens (including phenoxy) is 4. The molecule has 0 saturated heterocycles.